The van der Waals surface area contributed by atoms with Crippen molar-refractivity contribution in [1.29, 1.82) is 0 Å². The molecule has 0 spiro atoms. The molecule has 3 aromatic carbocycles. The van der Waals surface area contributed by atoms with Crippen LogP contribution in [0.5, 0.6) is 5.75 Å². The number of H-pyrrole nitrogens is 1. The Labute approximate surface area is 194 Å². The Morgan fingerprint density at radius 3 is 2.64 bits per heavy atom. The molecule has 5 nitrogen and oxygen atoms in total. The van der Waals surface area contributed by atoms with Crippen LogP contribution in [0.3, 0.4) is 0 Å². The standard InChI is InChI=1S/C28H29N3O2/c1-18-11-14-24-25(19(18)2)30-27(29-24)28(3)15-8-16-31(28)26(32)23-17-21(33-4)12-13-22(23)20-9-6-5-7-10-20/h5-7,9-14,17H,8,15-16H2,1-4H3,(H,29,30). The van der Waals surface area contributed by atoms with Crippen molar-refractivity contribution in [3.63, 3.8) is 0 Å². The van der Waals surface area contributed by atoms with Gasteiger partial charge in [-0.3, -0.25) is 4.79 Å². The number of likely N-dealkylation sites (tertiary alicyclic amines) is 1. The van der Waals surface area contributed by atoms with Gasteiger partial charge in [-0.15, -0.1) is 0 Å². The second-order valence-electron chi connectivity index (χ2n) is 9.10. The molecule has 0 aliphatic carbocycles. The van der Waals surface area contributed by atoms with E-state index in [-0.39, 0.29) is 5.91 Å². The Bertz CT molecular complexity index is 1340. The number of nitrogens with zero attached hydrogens (tertiary/aromatic N) is 2. The summed E-state index contributed by atoms with van der Waals surface area (Å²) in [7, 11) is 1.63. The molecule has 1 aliphatic heterocycles. The van der Waals surface area contributed by atoms with Gasteiger partial charge in [0.1, 0.15) is 11.6 Å². The predicted octanol–water partition coefficient (Wildman–Crippen LogP) is 6.01. The van der Waals surface area contributed by atoms with Crippen molar-refractivity contribution in [1.82, 2.24) is 14.9 Å². The molecule has 1 unspecified atom stereocenters. The van der Waals surface area contributed by atoms with Gasteiger partial charge in [-0.05, 0) is 80.1 Å². The molecular weight excluding hydrogens is 410 g/mol. The minimum atomic E-state index is -0.506. The zero-order chi connectivity index (χ0) is 23.2. The first-order valence-corrected chi connectivity index (χ1v) is 11.4. The van der Waals surface area contributed by atoms with Gasteiger partial charge in [-0.25, -0.2) is 4.98 Å². The number of hydrogen-bond acceptors (Lipinski definition) is 3. The third-order valence-corrected chi connectivity index (χ3v) is 7.12. The van der Waals surface area contributed by atoms with Gasteiger partial charge in [-0.2, -0.15) is 0 Å². The molecule has 0 radical (unpaired) electrons. The Balaban J connectivity index is 1.60. The van der Waals surface area contributed by atoms with Crippen molar-refractivity contribution in [2.24, 2.45) is 0 Å². The summed E-state index contributed by atoms with van der Waals surface area (Å²) in [5.74, 6) is 1.52. The first-order valence-electron chi connectivity index (χ1n) is 11.4. The number of methoxy groups -OCH3 is 1. The van der Waals surface area contributed by atoms with Gasteiger partial charge in [-0.1, -0.05) is 36.4 Å². The fourth-order valence-corrected chi connectivity index (χ4v) is 4.95. The number of carbonyl (C=O) groups is 1. The Morgan fingerprint density at radius 1 is 1.09 bits per heavy atom. The second-order valence-corrected chi connectivity index (χ2v) is 9.10. The van der Waals surface area contributed by atoms with Crippen LogP contribution in [0, 0.1) is 13.8 Å². The number of aryl methyl sites for hydroxylation is 2. The summed E-state index contributed by atoms with van der Waals surface area (Å²) in [5.41, 5.74) is 6.45. The van der Waals surface area contributed by atoms with Gasteiger partial charge in [0.25, 0.3) is 5.91 Å². The van der Waals surface area contributed by atoms with Crippen molar-refractivity contribution in [3.8, 4) is 16.9 Å². The molecule has 0 bridgehead atoms. The number of benzene rings is 3. The average molecular weight is 440 g/mol. The molecule has 1 fully saturated rings. The topological polar surface area (TPSA) is 58.2 Å². The van der Waals surface area contributed by atoms with E-state index in [4.69, 9.17) is 9.72 Å². The number of carbonyl (C=O) groups excluding carboxylic acids is 1. The lowest BCUT2D eigenvalue weighted by atomic mass is 9.94. The number of hydrogen-bond donors (Lipinski definition) is 1. The van der Waals surface area contributed by atoms with Crippen LogP contribution >= 0.6 is 0 Å². The molecule has 168 valence electrons. The minimum absolute atomic E-state index is 0.00103. The minimum Gasteiger partial charge on any atom is -0.497 e. The van der Waals surface area contributed by atoms with E-state index in [1.807, 2.05) is 53.4 Å². The van der Waals surface area contributed by atoms with Crippen LogP contribution in [0.15, 0.2) is 60.7 Å². The van der Waals surface area contributed by atoms with E-state index in [0.29, 0.717) is 17.9 Å². The first kappa shape index (κ1) is 21.3. The largest absolute Gasteiger partial charge is 0.497 e. The number of amides is 1. The Hall–Kier alpha value is -3.60. The van der Waals surface area contributed by atoms with Crippen molar-refractivity contribution in [3.05, 3.63) is 83.2 Å². The van der Waals surface area contributed by atoms with Crippen molar-refractivity contribution >= 4 is 16.9 Å². The highest BCUT2D eigenvalue weighted by molar-refractivity contribution is 6.02. The third kappa shape index (κ3) is 3.48. The molecule has 5 heteroatoms. The fourth-order valence-electron chi connectivity index (χ4n) is 4.95. The van der Waals surface area contributed by atoms with Crippen LogP contribution in [-0.2, 0) is 5.54 Å². The van der Waals surface area contributed by atoms with Gasteiger partial charge in [0, 0.05) is 6.54 Å². The Morgan fingerprint density at radius 2 is 1.88 bits per heavy atom. The summed E-state index contributed by atoms with van der Waals surface area (Å²) in [6, 6.07) is 20.0. The van der Waals surface area contributed by atoms with Gasteiger partial charge < -0.3 is 14.6 Å². The van der Waals surface area contributed by atoms with Crippen molar-refractivity contribution in [2.45, 2.75) is 39.2 Å². The number of aromatic amines is 1. The molecule has 1 aliphatic rings. The van der Waals surface area contributed by atoms with Crippen LogP contribution < -0.4 is 4.74 Å². The monoisotopic (exact) mass is 439 g/mol. The molecular formula is C28H29N3O2. The maximum absolute atomic E-state index is 14.1. The summed E-state index contributed by atoms with van der Waals surface area (Å²) in [5, 5.41) is 0. The maximum Gasteiger partial charge on any atom is 0.255 e. The lowest BCUT2D eigenvalue weighted by Gasteiger charge is -2.34. The highest BCUT2D eigenvalue weighted by atomic mass is 16.5. The lowest BCUT2D eigenvalue weighted by Crippen LogP contribution is -2.43. The van der Waals surface area contributed by atoms with E-state index >= 15 is 0 Å². The zero-order valence-electron chi connectivity index (χ0n) is 19.6. The molecule has 4 aromatic rings. The van der Waals surface area contributed by atoms with E-state index in [1.54, 1.807) is 7.11 Å². The van der Waals surface area contributed by atoms with Crippen LogP contribution in [0.2, 0.25) is 0 Å². The SMILES string of the molecule is COc1ccc(-c2ccccc2)c(C(=O)N2CCCC2(C)c2nc3c(C)c(C)ccc3[nH]2)c1. The average Bonchev–Trinajstić information content (AvgIpc) is 3.46. The number of imidazole rings is 1. The summed E-state index contributed by atoms with van der Waals surface area (Å²) in [6.07, 6.45) is 1.79. The van der Waals surface area contributed by atoms with Crippen molar-refractivity contribution < 1.29 is 9.53 Å². The highest BCUT2D eigenvalue weighted by Gasteiger charge is 2.44. The predicted molar refractivity (Wildman–Crippen MR) is 132 cm³/mol. The van der Waals surface area contributed by atoms with E-state index < -0.39 is 5.54 Å². The fraction of sp³-hybridized carbons (Fsp3) is 0.286. The number of nitrogens with one attached hydrogen (secondary N) is 1. The summed E-state index contributed by atoms with van der Waals surface area (Å²) < 4.78 is 5.47. The summed E-state index contributed by atoms with van der Waals surface area (Å²) in [4.78, 5) is 24.6. The lowest BCUT2D eigenvalue weighted by molar-refractivity contribution is 0.0606. The van der Waals surface area contributed by atoms with Crippen LogP contribution in [-0.4, -0.2) is 34.4 Å². The number of fused-ring (bicyclic) bond motifs is 1. The second kappa shape index (κ2) is 8.07. The molecule has 33 heavy (non-hydrogen) atoms. The molecule has 2 heterocycles. The number of ether oxygens (including phenoxy) is 1. The molecule has 1 N–H and O–H groups in total. The van der Waals surface area contributed by atoms with Crippen LogP contribution in [0.25, 0.3) is 22.2 Å². The van der Waals surface area contributed by atoms with Crippen LogP contribution in [0.1, 0.15) is 47.1 Å². The number of rotatable bonds is 4. The van der Waals surface area contributed by atoms with Gasteiger partial charge >= 0.3 is 0 Å². The summed E-state index contributed by atoms with van der Waals surface area (Å²) >= 11 is 0. The van der Waals surface area contributed by atoms with E-state index in [9.17, 15) is 4.79 Å². The number of aromatic nitrogens is 2. The normalized spacial score (nSPS) is 18.1. The molecule has 1 atom stereocenters. The smallest absolute Gasteiger partial charge is 0.255 e. The van der Waals surface area contributed by atoms with E-state index in [1.165, 1.54) is 11.1 Å². The van der Waals surface area contributed by atoms with Gasteiger partial charge in [0.2, 0.25) is 0 Å². The van der Waals surface area contributed by atoms with Gasteiger partial charge in [0.15, 0.2) is 0 Å². The first-order chi connectivity index (χ1) is 15.9. The molecule has 1 amide bonds. The quantitative estimate of drug-likeness (QED) is 0.424. The highest BCUT2D eigenvalue weighted by Crippen LogP contribution is 2.40. The molecule has 5 rings (SSSR count). The summed E-state index contributed by atoms with van der Waals surface area (Å²) in [6.45, 7) is 7.02. The molecule has 1 saturated heterocycles. The van der Waals surface area contributed by atoms with Crippen molar-refractivity contribution in [2.75, 3.05) is 13.7 Å². The zero-order valence-corrected chi connectivity index (χ0v) is 19.6. The van der Waals surface area contributed by atoms with E-state index in [0.717, 1.165) is 40.8 Å². The van der Waals surface area contributed by atoms with E-state index in [2.05, 4.69) is 37.9 Å². The Kier molecular flexibility index (Phi) is 5.20. The molecule has 1 aromatic heterocycles. The van der Waals surface area contributed by atoms with Gasteiger partial charge in [0.05, 0.1) is 29.2 Å². The maximum atomic E-state index is 14.1. The third-order valence-electron chi connectivity index (χ3n) is 7.12. The van der Waals surface area contributed by atoms with Crippen LogP contribution in [0.4, 0.5) is 0 Å². The molecule has 0 saturated carbocycles.